The summed E-state index contributed by atoms with van der Waals surface area (Å²) < 4.78 is 5.33. The highest BCUT2D eigenvalue weighted by atomic mass is 16.5. The van der Waals surface area contributed by atoms with Crippen molar-refractivity contribution in [2.75, 3.05) is 32.7 Å². The smallest absolute Gasteiger partial charge is 0.226 e. The SMILES string of the molecule is c1ccc(Cc2noc(CCCN3CCNCC3)n2)cc1. The van der Waals surface area contributed by atoms with Crippen LogP contribution in [0.4, 0.5) is 0 Å². The van der Waals surface area contributed by atoms with Gasteiger partial charge in [-0.3, -0.25) is 0 Å². The number of hydrogen-bond acceptors (Lipinski definition) is 5. The molecule has 0 bridgehead atoms. The molecule has 1 aliphatic heterocycles. The van der Waals surface area contributed by atoms with Crippen molar-refractivity contribution in [3.05, 3.63) is 47.6 Å². The Morgan fingerprint density at radius 1 is 1.14 bits per heavy atom. The van der Waals surface area contributed by atoms with Crippen molar-refractivity contribution in [1.82, 2.24) is 20.4 Å². The van der Waals surface area contributed by atoms with Crippen LogP contribution < -0.4 is 5.32 Å². The van der Waals surface area contributed by atoms with Crippen LogP contribution in [0.5, 0.6) is 0 Å². The summed E-state index contributed by atoms with van der Waals surface area (Å²) in [5.74, 6) is 1.54. The molecule has 0 saturated carbocycles. The summed E-state index contributed by atoms with van der Waals surface area (Å²) in [6.07, 6.45) is 2.68. The summed E-state index contributed by atoms with van der Waals surface area (Å²) in [7, 11) is 0. The van der Waals surface area contributed by atoms with E-state index in [0.717, 1.165) is 63.7 Å². The first-order chi connectivity index (χ1) is 10.4. The fourth-order valence-corrected chi connectivity index (χ4v) is 2.63. The minimum absolute atomic E-state index is 0.738. The Labute approximate surface area is 125 Å². The molecule has 1 aromatic carbocycles. The highest BCUT2D eigenvalue weighted by Gasteiger charge is 2.11. The van der Waals surface area contributed by atoms with Crippen molar-refractivity contribution in [3.8, 4) is 0 Å². The van der Waals surface area contributed by atoms with Crippen LogP contribution in [0.25, 0.3) is 0 Å². The lowest BCUT2D eigenvalue weighted by Crippen LogP contribution is -2.43. The van der Waals surface area contributed by atoms with E-state index in [2.05, 4.69) is 32.5 Å². The average molecular weight is 286 g/mol. The van der Waals surface area contributed by atoms with Crippen molar-refractivity contribution in [3.63, 3.8) is 0 Å². The molecule has 5 nitrogen and oxygen atoms in total. The zero-order chi connectivity index (χ0) is 14.3. The van der Waals surface area contributed by atoms with E-state index in [9.17, 15) is 0 Å². The molecule has 0 spiro atoms. The fourth-order valence-electron chi connectivity index (χ4n) is 2.63. The van der Waals surface area contributed by atoms with Crippen LogP contribution in [0.3, 0.4) is 0 Å². The molecular formula is C16H22N4O. The van der Waals surface area contributed by atoms with Gasteiger partial charge in [-0.1, -0.05) is 35.5 Å². The maximum atomic E-state index is 5.33. The summed E-state index contributed by atoms with van der Waals surface area (Å²) >= 11 is 0. The molecule has 1 fully saturated rings. The average Bonchev–Trinajstić information content (AvgIpc) is 2.97. The second kappa shape index (κ2) is 7.33. The van der Waals surface area contributed by atoms with Gasteiger partial charge in [0, 0.05) is 39.0 Å². The second-order valence-electron chi connectivity index (χ2n) is 5.46. The highest BCUT2D eigenvalue weighted by molar-refractivity contribution is 5.18. The van der Waals surface area contributed by atoms with Crippen molar-refractivity contribution in [2.24, 2.45) is 0 Å². The van der Waals surface area contributed by atoms with E-state index < -0.39 is 0 Å². The summed E-state index contributed by atoms with van der Waals surface area (Å²) in [6.45, 7) is 5.59. The van der Waals surface area contributed by atoms with Crippen molar-refractivity contribution < 1.29 is 4.52 Å². The molecule has 0 atom stereocenters. The molecule has 2 heterocycles. The number of aryl methyl sites for hydroxylation is 1. The number of piperazine rings is 1. The molecule has 0 aliphatic carbocycles. The summed E-state index contributed by atoms with van der Waals surface area (Å²) in [4.78, 5) is 6.96. The van der Waals surface area contributed by atoms with E-state index in [-0.39, 0.29) is 0 Å². The Morgan fingerprint density at radius 3 is 2.76 bits per heavy atom. The third kappa shape index (κ3) is 4.37. The molecule has 2 aromatic rings. The van der Waals surface area contributed by atoms with Crippen LogP contribution in [0.2, 0.25) is 0 Å². The maximum Gasteiger partial charge on any atom is 0.226 e. The number of rotatable bonds is 6. The Kier molecular flexibility index (Phi) is 4.97. The largest absolute Gasteiger partial charge is 0.339 e. The topological polar surface area (TPSA) is 54.2 Å². The third-order valence-electron chi connectivity index (χ3n) is 3.79. The second-order valence-corrected chi connectivity index (χ2v) is 5.46. The van der Waals surface area contributed by atoms with Crippen molar-refractivity contribution >= 4 is 0 Å². The minimum atomic E-state index is 0.738. The number of benzene rings is 1. The van der Waals surface area contributed by atoms with Gasteiger partial charge >= 0.3 is 0 Å². The van der Waals surface area contributed by atoms with E-state index in [1.54, 1.807) is 0 Å². The Morgan fingerprint density at radius 2 is 1.95 bits per heavy atom. The van der Waals surface area contributed by atoms with E-state index in [4.69, 9.17) is 4.52 Å². The molecule has 1 aromatic heterocycles. The molecule has 3 rings (SSSR count). The van der Waals surface area contributed by atoms with E-state index in [1.807, 2.05) is 18.2 Å². The zero-order valence-corrected chi connectivity index (χ0v) is 12.3. The van der Waals surface area contributed by atoms with Gasteiger partial charge in [-0.25, -0.2) is 0 Å². The third-order valence-corrected chi connectivity index (χ3v) is 3.79. The summed E-state index contributed by atoms with van der Waals surface area (Å²) in [5.41, 5.74) is 1.21. The van der Waals surface area contributed by atoms with Crippen LogP contribution in [-0.2, 0) is 12.8 Å². The number of aromatic nitrogens is 2. The van der Waals surface area contributed by atoms with Crippen LogP contribution in [0, 0.1) is 0 Å². The number of nitrogens with zero attached hydrogens (tertiary/aromatic N) is 3. The van der Waals surface area contributed by atoms with Gasteiger partial charge in [-0.2, -0.15) is 4.98 Å². The molecule has 112 valence electrons. The molecular weight excluding hydrogens is 264 g/mol. The monoisotopic (exact) mass is 286 g/mol. The Bertz CT molecular complexity index is 534. The lowest BCUT2D eigenvalue weighted by molar-refractivity contribution is 0.235. The van der Waals surface area contributed by atoms with E-state index in [1.165, 1.54) is 5.56 Å². The van der Waals surface area contributed by atoms with Crippen molar-refractivity contribution in [2.45, 2.75) is 19.3 Å². The lowest BCUT2D eigenvalue weighted by atomic mass is 10.1. The fraction of sp³-hybridized carbons (Fsp3) is 0.500. The molecule has 0 unspecified atom stereocenters. The minimum Gasteiger partial charge on any atom is -0.339 e. The molecule has 1 aliphatic rings. The Balaban J connectivity index is 1.44. The lowest BCUT2D eigenvalue weighted by Gasteiger charge is -2.26. The predicted molar refractivity (Wildman–Crippen MR) is 81.2 cm³/mol. The van der Waals surface area contributed by atoms with E-state index >= 15 is 0 Å². The van der Waals surface area contributed by atoms with Gasteiger partial charge in [0.05, 0.1) is 0 Å². The normalized spacial score (nSPS) is 16.2. The van der Waals surface area contributed by atoms with Gasteiger partial charge in [-0.15, -0.1) is 0 Å². The van der Waals surface area contributed by atoms with Crippen molar-refractivity contribution in [1.29, 1.82) is 0 Å². The van der Waals surface area contributed by atoms with Crippen LogP contribution in [-0.4, -0.2) is 47.8 Å². The zero-order valence-electron chi connectivity index (χ0n) is 12.3. The van der Waals surface area contributed by atoms with Crippen LogP contribution in [0.1, 0.15) is 23.7 Å². The van der Waals surface area contributed by atoms with Gasteiger partial charge in [0.25, 0.3) is 0 Å². The van der Waals surface area contributed by atoms with Gasteiger partial charge in [0.1, 0.15) is 0 Å². The van der Waals surface area contributed by atoms with Crippen LogP contribution >= 0.6 is 0 Å². The van der Waals surface area contributed by atoms with Gasteiger partial charge < -0.3 is 14.7 Å². The quantitative estimate of drug-likeness (QED) is 0.872. The molecule has 1 N–H and O–H groups in total. The first-order valence-corrected chi connectivity index (χ1v) is 7.68. The highest BCUT2D eigenvalue weighted by Crippen LogP contribution is 2.08. The number of hydrogen-bond donors (Lipinski definition) is 1. The maximum absolute atomic E-state index is 5.33. The van der Waals surface area contributed by atoms with Gasteiger partial charge in [0.15, 0.2) is 5.82 Å². The van der Waals surface area contributed by atoms with Crippen LogP contribution in [0.15, 0.2) is 34.9 Å². The first kappa shape index (κ1) is 14.2. The molecule has 21 heavy (non-hydrogen) atoms. The molecule has 5 heteroatoms. The Hall–Kier alpha value is -1.72. The van der Waals surface area contributed by atoms with E-state index in [0.29, 0.717) is 0 Å². The standard InChI is InChI=1S/C16H22N4O/c1-2-5-14(6-3-1)13-15-18-16(21-19-15)7-4-10-20-11-8-17-9-12-20/h1-3,5-6,17H,4,7-13H2. The summed E-state index contributed by atoms with van der Waals surface area (Å²) in [5, 5.41) is 7.43. The molecule has 0 radical (unpaired) electrons. The van der Waals surface area contributed by atoms with Gasteiger partial charge in [-0.05, 0) is 18.5 Å². The van der Waals surface area contributed by atoms with Gasteiger partial charge in [0.2, 0.25) is 5.89 Å². The first-order valence-electron chi connectivity index (χ1n) is 7.68. The molecule has 1 saturated heterocycles. The molecule has 0 amide bonds. The summed E-state index contributed by atoms with van der Waals surface area (Å²) in [6, 6.07) is 10.2. The predicted octanol–water partition coefficient (Wildman–Crippen LogP) is 1.50. The number of nitrogens with one attached hydrogen (secondary N) is 1.